The lowest BCUT2D eigenvalue weighted by Crippen LogP contribution is -2.38. The molecule has 0 radical (unpaired) electrons. The molecule has 7 nitrogen and oxygen atoms in total. The summed E-state index contributed by atoms with van der Waals surface area (Å²) in [6, 6.07) is 15.3. The van der Waals surface area contributed by atoms with Crippen LogP contribution in [0, 0.1) is 17.1 Å². The van der Waals surface area contributed by atoms with Gasteiger partial charge in [0.25, 0.3) is 0 Å². The first kappa shape index (κ1) is 19.3. The summed E-state index contributed by atoms with van der Waals surface area (Å²) in [5.41, 5.74) is 2.73. The van der Waals surface area contributed by atoms with Gasteiger partial charge in [-0.15, -0.1) is 0 Å². The van der Waals surface area contributed by atoms with Crippen LogP contribution in [0.25, 0.3) is 11.3 Å². The van der Waals surface area contributed by atoms with Gasteiger partial charge in [0.1, 0.15) is 11.6 Å². The first-order valence-electron chi connectivity index (χ1n) is 9.59. The highest BCUT2D eigenvalue weighted by Crippen LogP contribution is 2.30. The topological polar surface area (TPSA) is 93.9 Å². The number of nitrogens with zero attached hydrogens (tertiary/aromatic N) is 4. The van der Waals surface area contributed by atoms with Crippen LogP contribution in [0.1, 0.15) is 18.4 Å². The van der Waals surface area contributed by atoms with Gasteiger partial charge in [0.2, 0.25) is 0 Å². The van der Waals surface area contributed by atoms with Crippen LogP contribution in [0.15, 0.2) is 54.7 Å². The number of urea groups is 1. The highest BCUT2D eigenvalue weighted by atomic mass is 19.1. The number of nitrogens with one attached hydrogen (secondary N) is 2. The summed E-state index contributed by atoms with van der Waals surface area (Å²) in [6.45, 7) is 1.27. The van der Waals surface area contributed by atoms with E-state index in [1.165, 1.54) is 12.1 Å². The molecule has 3 aromatic rings. The summed E-state index contributed by atoms with van der Waals surface area (Å²) in [5.74, 6) is 0.282. The predicted molar refractivity (Wildman–Crippen MR) is 113 cm³/mol. The number of carbonyl (C=O) groups is 1. The van der Waals surface area contributed by atoms with Gasteiger partial charge in [0, 0.05) is 18.7 Å². The number of amides is 2. The van der Waals surface area contributed by atoms with Crippen molar-refractivity contribution in [1.82, 2.24) is 9.97 Å². The van der Waals surface area contributed by atoms with Gasteiger partial charge in [0.05, 0.1) is 29.2 Å². The molecule has 0 aliphatic carbocycles. The highest BCUT2D eigenvalue weighted by molar-refractivity contribution is 6.02. The molecular weight excluding hydrogens is 383 g/mol. The van der Waals surface area contributed by atoms with E-state index >= 15 is 0 Å². The normalized spacial score (nSPS) is 13.3. The van der Waals surface area contributed by atoms with Crippen LogP contribution in [0.4, 0.5) is 26.5 Å². The van der Waals surface area contributed by atoms with Gasteiger partial charge >= 0.3 is 6.03 Å². The molecule has 30 heavy (non-hydrogen) atoms. The molecule has 150 valence electrons. The van der Waals surface area contributed by atoms with E-state index in [-0.39, 0.29) is 5.82 Å². The van der Waals surface area contributed by atoms with Crippen LogP contribution >= 0.6 is 0 Å². The van der Waals surface area contributed by atoms with E-state index in [0.29, 0.717) is 23.6 Å². The van der Waals surface area contributed by atoms with Crippen molar-refractivity contribution in [3.63, 3.8) is 0 Å². The Morgan fingerprint density at radius 1 is 1.20 bits per heavy atom. The molecule has 1 aliphatic rings. The van der Waals surface area contributed by atoms with Gasteiger partial charge in [-0.3, -0.25) is 10.2 Å². The van der Waals surface area contributed by atoms with Crippen LogP contribution in [-0.4, -0.2) is 29.1 Å². The fourth-order valence-electron chi connectivity index (χ4n) is 3.25. The monoisotopic (exact) mass is 402 g/mol. The molecule has 0 fully saturated rings. The molecule has 1 aromatic carbocycles. The average Bonchev–Trinajstić information content (AvgIpc) is 2.76. The van der Waals surface area contributed by atoms with Gasteiger partial charge < -0.3 is 5.32 Å². The van der Waals surface area contributed by atoms with E-state index in [2.05, 4.69) is 21.7 Å². The fourth-order valence-corrected chi connectivity index (χ4v) is 3.25. The third-order valence-electron chi connectivity index (χ3n) is 4.75. The summed E-state index contributed by atoms with van der Waals surface area (Å²) in [7, 11) is 0. The zero-order chi connectivity index (χ0) is 20.9. The Balaban J connectivity index is 1.69. The van der Waals surface area contributed by atoms with Gasteiger partial charge in [0.15, 0.2) is 5.82 Å². The molecular formula is C22H19FN6O. The Morgan fingerprint density at radius 2 is 2.10 bits per heavy atom. The third-order valence-corrected chi connectivity index (χ3v) is 4.75. The highest BCUT2D eigenvalue weighted by Gasteiger charge is 2.23. The number of rotatable bonds is 2. The summed E-state index contributed by atoms with van der Waals surface area (Å²) in [4.78, 5) is 23.2. The minimum atomic E-state index is -0.472. The Morgan fingerprint density at radius 3 is 2.90 bits per heavy atom. The number of nitriles is 1. The lowest BCUT2D eigenvalue weighted by molar-refractivity contribution is 0.256. The minimum Gasteiger partial charge on any atom is -0.382 e. The van der Waals surface area contributed by atoms with Crippen molar-refractivity contribution in [3.8, 4) is 17.3 Å². The Labute approximate surface area is 173 Å². The van der Waals surface area contributed by atoms with E-state index < -0.39 is 11.8 Å². The third kappa shape index (κ3) is 4.20. The molecule has 8 heteroatoms. The second-order valence-corrected chi connectivity index (χ2v) is 6.84. The number of benzene rings is 1. The Kier molecular flexibility index (Phi) is 5.52. The number of hydrogen-bond acceptors (Lipinski definition) is 5. The standard InChI is InChI=1S/C22H19FN6O/c23-17-6-9-20(26-14-17)28-22(30)29-11-2-1-10-25-19-8-7-18(27-21(19)29)16-5-3-4-15(12-16)13-24/h3-9,12,14,25H,1-2,10-11H2,(H,26,28,30). The minimum absolute atomic E-state index is 0.260. The maximum absolute atomic E-state index is 13.1. The number of pyridine rings is 2. The van der Waals surface area contributed by atoms with Gasteiger partial charge in [-0.25, -0.2) is 19.2 Å². The first-order valence-corrected chi connectivity index (χ1v) is 9.59. The van der Waals surface area contributed by atoms with Crippen molar-refractivity contribution in [1.29, 1.82) is 5.26 Å². The van der Waals surface area contributed by atoms with Crippen LogP contribution < -0.4 is 15.5 Å². The van der Waals surface area contributed by atoms with Gasteiger partial charge in [-0.1, -0.05) is 12.1 Å². The second-order valence-electron chi connectivity index (χ2n) is 6.84. The average molecular weight is 402 g/mol. The summed E-state index contributed by atoms with van der Waals surface area (Å²) in [6.07, 6.45) is 2.76. The van der Waals surface area contributed by atoms with Gasteiger partial charge in [-0.05, 0) is 49.2 Å². The number of anilines is 3. The number of halogens is 1. The molecule has 0 spiro atoms. The molecule has 0 atom stereocenters. The van der Waals surface area contributed by atoms with Crippen molar-refractivity contribution < 1.29 is 9.18 Å². The molecule has 0 saturated heterocycles. The summed E-state index contributed by atoms with van der Waals surface area (Å²) >= 11 is 0. The maximum atomic E-state index is 13.1. The van der Waals surface area contributed by atoms with Crippen LogP contribution in [0.2, 0.25) is 0 Å². The van der Waals surface area contributed by atoms with Crippen molar-refractivity contribution in [2.75, 3.05) is 28.6 Å². The Hall–Kier alpha value is -3.99. The number of aromatic nitrogens is 2. The maximum Gasteiger partial charge on any atom is 0.328 e. The SMILES string of the molecule is N#Cc1cccc(-c2ccc3c(n2)N(C(=O)Nc2ccc(F)cn2)CCCCN3)c1. The molecule has 3 heterocycles. The largest absolute Gasteiger partial charge is 0.382 e. The zero-order valence-corrected chi connectivity index (χ0v) is 16.1. The number of fused-ring (bicyclic) bond motifs is 1. The van der Waals surface area contributed by atoms with Gasteiger partial charge in [-0.2, -0.15) is 5.26 Å². The molecule has 1 aliphatic heterocycles. The van der Waals surface area contributed by atoms with E-state index in [0.717, 1.165) is 36.8 Å². The molecule has 2 aromatic heterocycles. The molecule has 0 unspecified atom stereocenters. The van der Waals surface area contributed by atoms with E-state index in [1.807, 2.05) is 18.2 Å². The fraction of sp³-hybridized carbons (Fsp3) is 0.182. The van der Waals surface area contributed by atoms with Crippen molar-refractivity contribution in [2.24, 2.45) is 0 Å². The molecule has 4 rings (SSSR count). The molecule has 0 saturated carbocycles. The van der Waals surface area contributed by atoms with Crippen molar-refractivity contribution >= 4 is 23.4 Å². The molecule has 2 N–H and O–H groups in total. The lowest BCUT2D eigenvalue weighted by atomic mass is 10.1. The van der Waals surface area contributed by atoms with Crippen LogP contribution in [0.3, 0.4) is 0 Å². The van der Waals surface area contributed by atoms with E-state index in [1.54, 1.807) is 23.1 Å². The molecule has 2 amide bonds. The summed E-state index contributed by atoms with van der Waals surface area (Å²) in [5, 5.41) is 15.2. The van der Waals surface area contributed by atoms with Crippen molar-refractivity contribution in [3.05, 3.63) is 66.1 Å². The quantitative estimate of drug-likeness (QED) is 0.663. The number of hydrogen-bond donors (Lipinski definition) is 2. The first-order chi connectivity index (χ1) is 14.6. The van der Waals surface area contributed by atoms with Crippen LogP contribution in [-0.2, 0) is 0 Å². The predicted octanol–water partition coefficient (Wildman–Crippen LogP) is 4.40. The second kappa shape index (κ2) is 8.57. The Bertz CT molecular complexity index is 1110. The zero-order valence-electron chi connectivity index (χ0n) is 16.1. The van der Waals surface area contributed by atoms with E-state index in [9.17, 15) is 14.4 Å². The summed E-state index contributed by atoms with van der Waals surface area (Å²) < 4.78 is 13.1. The van der Waals surface area contributed by atoms with Crippen LogP contribution in [0.5, 0.6) is 0 Å². The van der Waals surface area contributed by atoms with Crippen molar-refractivity contribution in [2.45, 2.75) is 12.8 Å². The smallest absolute Gasteiger partial charge is 0.328 e. The lowest BCUT2D eigenvalue weighted by Gasteiger charge is -2.27. The van der Waals surface area contributed by atoms with E-state index in [4.69, 9.17) is 4.98 Å². The molecule has 0 bridgehead atoms. The number of carbonyl (C=O) groups excluding carboxylic acids is 1.